The minimum absolute atomic E-state index is 0.159. The van der Waals surface area contributed by atoms with Gasteiger partial charge in [0.25, 0.3) is 5.91 Å². The molecule has 1 aromatic carbocycles. The van der Waals surface area contributed by atoms with Crippen molar-refractivity contribution >= 4 is 11.6 Å². The van der Waals surface area contributed by atoms with Crippen molar-refractivity contribution in [1.82, 2.24) is 0 Å². The number of hydrogen-bond acceptors (Lipinski definition) is 1. The van der Waals surface area contributed by atoms with E-state index in [1.54, 1.807) is 0 Å². The molecule has 0 aliphatic carbocycles. The molecule has 0 bridgehead atoms. The summed E-state index contributed by atoms with van der Waals surface area (Å²) < 4.78 is 2.00. The number of nitrogens with zero attached hydrogens (tertiary/aromatic N) is 2. The fourth-order valence-electron chi connectivity index (χ4n) is 3.19. The van der Waals surface area contributed by atoms with Crippen molar-refractivity contribution in [3.05, 3.63) is 59.9 Å². The van der Waals surface area contributed by atoms with Crippen molar-refractivity contribution in [2.24, 2.45) is 0 Å². The molecule has 114 valence electrons. The maximum atomic E-state index is 13.0. The average Bonchev–Trinajstić information content (AvgIpc) is 2.89. The molecule has 0 saturated carbocycles. The van der Waals surface area contributed by atoms with Gasteiger partial charge in [0.15, 0.2) is 12.4 Å². The van der Waals surface area contributed by atoms with Crippen LogP contribution in [-0.4, -0.2) is 11.9 Å². The van der Waals surface area contributed by atoms with E-state index in [-0.39, 0.29) is 18.0 Å². The van der Waals surface area contributed by atoms with Crippen LogP contribution in [0.15, 0.2) is 48.8 Å². The minimum atomic E-state index is -0.195. The van der Waals surface area contributed by atoms with Crippen LogP contribution in [0.1, 0.15) is 37.9 Å². The molecule has 0 spiro atoms. The monoisotopic (exact) mass is 295 g/mol. The van der Waals surface area contributed by atoms with Gasteiger partial charge in [0.1, 0.15) is 0 Å². The standard InChI is InChI=1S/C19H23N2O/c1-4-16-9-11-20(12-10-16)15(3)19(22)21-14(2)13-17-7-5-6-8-18(17)21/h5-12,14-15H,4,13H2,1-3H3/q+1/t14-,15+/m1/s1. The Labute approximate surface area is 132 Å². The van der Waals surface area contributed by atoms with Crippen molar-refractivity contribution in [2.45, 2.75) is 45.7 Å². The Hall–Kier alpha value is -2.16. The molecule has 1 aromatic heterocycles. The molecule has 0 saturated heterocycles. The third-order valence-corrected chi connectivity index (χ3v) is 4.58. The summed E-state index contributed by atoms with van der Waals surface area (Å²) >= 11 is 0. The van der Waals surface area contributed by atoms with Crippen molar-refractivity contribution < 1.29 is 9.36 Å². The van der Waals surface area contributed by atoms with Gasteiger partial charge in [-0.1, -0.05) is 25.1 Å². The highest BCUT2D eigenvalue weighted by Gasteiger charge is 2.36. The van der Waals surface area contributed by atoms with Gasteiger partial charge >= 0.3 is 0 Å². The van der Waals surface area contributed by atoms with Crippen LogP contribution in [0.4, 0.5) is 5.69 Å². The predicted octanol–water partition coefficient (Wildman–Crippen LogP) is 3.08. The minimum Gasteiger partial charge on any atom is -0.303 e. The fourth-order valence-corrected chi connectivity index (χ4v) is 3.19. The molecule has 2 heterocycles. The van der Waals surface area contributed by atoms with E-state index in [0.29, 0.717) is 0 Å². The Morgan fingerprint density at radius 2 is 1.95 bits per heavy atom. The summed E-state index contributed by atoms with van der Waals surface area (Å²) in [5.74, 6) is 0.159. The third kappa shape index (κ3) is 2.52. The zero-order valence-corrected chi connectivity index (χ0v) is 13.5. The van der Waals surface area contributed by atoms with E-state index in [2.05, 4.69) is 32.0 Å². The van der Waals surface area contributed by atoms with Crippen molar-refractivity contribution in [2.75, 3.05) is 4.90 Å². The highest BCUT2D eigenvalue weighted by molar-refractivity contribution is 5.97. The molecule has 1 amide bonds. The first-order valence-electron chi connectivity index (χ1n) is 8.02. The molecule has 1 aliphatic rings. The lowest BCUT2D eigenvalue weighted by atomic mass is 10.1. The van der Waals surface area contributed by atoms with E-state index >= 15 is 0 Å². The van der Waals surface area contributed by atoms with Gasteiger partial charge in [-0.25, -0.2) is 0 Å². The Morgan fingerprint density at radius 3 is 2.64 bits per heavy atom. The Morgan fingerprint density at radius 1 is 1.27 bits per heavy atom. The highest BCUT2D eigenvalue weighted by Crippen LogP contribution is 2.32. The van der Waals surface area contributed by atoms with E-state index in [1.165, 1.54) is 11.1 Å². The number of fused-ring (bicyclic) bond motifs is 1. The normalized spacial score (nSPS) is 18.1. The maximum Gasteiger partial charge on any atom is 0.296 e. The van der Waals surface area contributed by atoms with Gasteiger partial charge in [-0.2, -0.15) is 4.57 Å². The van der Waals surface area contributed by atoms with Gasteiger partial charge in [-0.15, -0.1) is 0 Å². The molecule has 2 atom stereocenters. The van der Waals surface area contributed by atoms with Gasteiger partial charge in [0.05, 0.1) is 0 Å². The summed E-state index contributed by atoms with van der Waals surface area (Å²) in [6.07, 6.45) is 5.97. The molecular formula is C19H23N2O+. The highest BCUT2D eigenvalue weighted by atomic mass is 16.2. The molecule has 22 heavy (non-hydrogen) atoms. The number of carbonyl (C=O) groups is 1. The number of rotatable bonds is 3. The van der Waals surface area contributed by atoms with Crippen molar-refractivity contribution in [1.29, 1.82) is 0 Å². The predicted molar refractivity (Wildman–Crippen MR) is 87.8 cm³/mol. The second kappa shape index (κ2) is 5.91. The Bertz CT molecular complexity index is 678. The number of para-hydroxylation sites is 1. The number of aryl methyl sites for hydroxylation is 1. The maximum absolute atomic E-state index is 13.0. The zero-order chi connectivity index (χ0) is 15.7. The lowest BCUT2D eigenvalue weighted by Crippen LogP contribution is -2.49. The number of carbonyl (C=O) groups excluding carboxylic acids is 1. The molecule has 1 aliphatic heterocycles. The first kappa shape index (κ1) is 14.8. The molecule has 0 unspecified atom stereocenters. The van der Waals surface area contributed by atoms with Crippen LogP contribution in [0.5, 0.6) is 0 Å². The molecule has 2 aromatic rings. The second-order valence-corrected chi connectivity index (χ2v) is 6.07. The molecule has 3 nitrogen and oxygen atoms in total. The number of hydrogen-bond donors (Lipinski definition) is 0. The van der Waals surface area contributed by atoms with Gasteiger partial charge in [-0.3, -0.25) is 4.79 Å². The summed E-state index contributed by atoms with van der Waals surface area (Å²) in [6, 6.07) is 12.4. The van der Waals surface area contributed by atoms with Crippen molar-refractivity contribution in [3.63, 3.8) is 0 Å². The molecule has 0 fully saturated rings. The number of aromatic nitrogens is 1. The number of benzene rings is 1. The van der Waals surface area contributed by atoms with E-state index in [4.69, 9.17) is 0 Å². The van der Waals surface area contributed by atoms with E-state index in [0.717, 1.165) is 18.5 Å². The molecule has 0 radical (unpaired) electrons. The molecule has 3 heteroatoms. The smallest absolute Gasteiger partial charge is 0.296 e. The molecule has 3 rings (SSSR count). The van der Waals surface area contributed by atoms with Crippen LogP contribution in [0.25, 0.3) is 0 Å². The zero-order valence-electron chi connectivity index (χ0n) is 13.5. The molecular weight excluding hydrogens is 272 g/mol. The van der Waals surface area contributed by atoms with Crippen LogP contribution in [0.2, 0.25) is 0 Å². The first-order valence-corrected chi connectivity index (χ1v) is 8.02. The van der Waals surface area contributed by atoms with E-state index in [1.807, 2.05) is 47.0 Å². The number of anilines is 1. The molecule has 0 N–H and O–H groups in total. The summed E-state index contributed by atoms with van der Waals surface area (Å²) in [5.41, 5.74) is 3.62. The Balaban J connectivity index is 1.86. The lowest BCUT2D eigenvalue weighted by molar-refractivity contribution is -0.705. The van der Waals surface area contributed by atoms with Crippen LogP contribution in [0.3, 0.4) is 0 Å². The average molecular weight is 295 g/mol. The second-order valence-electron chi connectivity index (χ2n) is 6.07. The van der Waals surface area contributed by atoms with E-state index < -0.39 is 0 Å². The number of pyridine rings is 1. The summed E-state index contributed by atoms with van der Waals surface area (Å²) in [4.78, 5) is 14.9. The summed E-state index contributed by atoms with van der Waals surface area (Å²) in [5, 5.41) is 0. The van der Waals surface area contributed by atoms with Gasteiger partial charge in [0, 0.05) is 30.8 Å². The Kier molecular flexibility index (Phi) is 3.97. The van der Waals surface area contributed by atoms with Gasteiger partial charge in [0.2, 0.25) is 6.04 Å². The van der Waals surface area contributed by atoms with E-state index in [9.17, 15) is 4.79 Å². The van der Waals surface area contributed by atoms with Crippen LogP contribution >= 0.6 is 0 Å². The van der Waals surface area contributed by atoms with Crippen molar-refractivity contribution in [3.8, 4) is 0 Å². The largest absolute Gasteiger partial charge is 0.303 e. The summed E-state index contributed by atoms with van der Waals surface area (Å²) in [6.45, 7) is 6.23. The number of amides is 1. The van der Waals surface area contributed by atoms with Gasteiger partial charge < -0.3 is 4.90 Å². The quantitative estimate of drug-likeness (QED) is 0.799. The van der Waals surface area contributed by atoms with Crippen LogP contribution in [0, 0.1) is 0 Å². The third-order valence-electron chi connectivity index (χ3n) is 4.58. The topological polar surface area (TPSA) is 24.2 Å². The SMILES string of the molecule is CCc1cc[n+]([C@@H](C)C(=O)N2c3ccccc3C[C@H]2C)cc1. The lowest BCUT2D eigenvalue weighted by Gasteiger charge is -2.23. The first-order chi connectivity index (χ1) is 10.6. The van der Waals surface area contributed by atoms with Crippen LogP contribution < -0.4 is 9.47 Å². The van der Waals surface area contributed by atoms with Crippen LogP contribution in [-0.2, 0) is 17.6 Å². The summed E-state index contributed by atoms with van der Waals surface area (Å²) in [7, 11) is 0. The van der Waals surface area contributed by atoms with Gasteiger partial charge in [-0.05, 0) is 37.0 Å². The fraction of sp³-hybridized carbons (Fsp3) is 0.368.